The third kappa shape index (κ3) is 1.53. The van der Waals surface area contributed by atoms with Crippen molar-refractivity contribution in [2.24, 2.45) is 0 Å². The fraction of sp³-hybridized carbons (Fsp3) is 0.750. The third-order valence-corrected chi connectivity index (χ3v) is 3.51. The smallest absolute Gasteiger partial charge is 0.169 e. The zero-order chi connectivity index (χ0) is 12.4. The van der Waals surface area contributed by atoms with Crippen LogP contribution in [0.4, 0.5) is 0 Å². The standard InChI is InChI=1S/C12H16O5/c1-12(2)4-5(13)6-8(15-3)7(14)10-11(16-10)9(6)17-12/h7-8,10-11,14H,4H2,1-3H3/t7-,8+,10+,11-/m1/s1. The first-order chi connectivity index (χ1) is 7.94. The van der Waals surface area contributed by atoms with E-state index in [0.29, 0.717) is 17.8 Å². The zero-order valence-electron chi connectivity index (χ0n) is 10.1. The van der Waals surface area contributed by atoms with Crippen molar-refractivity contribution in [3.63, 3.8) is 0 Å². The molecule has 1 N–H and O–H groups in total. The summed E-state index contributed by atoms with van der Waals surface area (Å²) in [5.41, 5.74) is -0.0504. The molecule has 1 saturated heterocycles. The van der Waals surface area contributed by atoms with E-state index >= 15 is 0 Å². The lowest BCUT2D eigenvalue weighted by molar-refractivity contribution is -0.127. The lowest BCUT2D eigenvalue weighted by Crippen LogP contribution is -2.47. The maximum atomic E-state index is 12.1. The average molecular weight is 240 g/mol. The fourth-order valence-corrected chi connectivity index (χ4v) is 2.71. The van der Waals surface area contributed by atoms with Gasteiger partial charge in [-0.2, -0.15) is 0 Å². The van der Waals surface area contributed by atoms with Crippen LogP contribution in [0.5, 0.6) is 0 Å². The van der Waals surface area contributed by atoms with E-state index in [-0.39, 0.29) is 18.0 Å². The van der Waals surface area contributed by atoms with Gasteiger partial charge in [0.1, 0.15) is 35.8 Å². The van der Waals surface area contributed by atoms with Crippen LogP contribution in [0.2, 0.25) is 0 Å². The monoisotopic (exact) mass is 240 g/mol. The maximum Gasteiger partial charge on any atom is 0.169 e. The molecule has 3 aliphatic rings. The van der Waals surface area contributed by atoms with Crippen LogP contribution < -0.4 is 0 Å². The second kappa shape index (κ2) is 3.31. The minimum Gasteiger partial charge on any atom is -0.488 e. The molecule has 1 aliphatic carbocycles. The molecular weight excluding hydrogens is 224 g/mol. The number of fused-ring (bicyclic) bond motifs is 2. The van der Waals surface area contributed by atoms with E-state index < -0.39 is 17.8 Å². The largest absolute Gasteiger partial charge is 0.488 e. The first-order valence-corrected chi connectivity index (χ1v) is 5.77. The van der Waals surface area contributed by atoms with E-state index in [1.54, 1.807) is 0 Å². The van der Waals surface area contributed by atoms with Crippen molar-refractivity contribution >= 4 is 5.78 Å². The highest BCUT2D eigenvalue weighted by Gasteiger charge is 2.60. The van der Waals surface area contributed by atoms with E-state index in [2.05, 4.69) is 0 Å². The highest BCUT2D eigenvalue weighted by atomic mass is 16.6. The molecular formula is C12H16O5. The van der Waals surface area contributed by atoms with E-state index in [0.717, 1.165) is 0 Å². The van der Waals surface area contributed by atoms with Crippen LogP contribution in [0.15, 0.2) is 11.3 Å². The Bertz CT molecular complexity index is 411. The third-order valence-electron chi connectivity index (χ3n) is 3.51. The number of carbonyl (C=O) groups excluding carboxylic acids is 1. The summed E-state index contributed by atoms with van der Waals surface area (Å²) in [5.74, 6) is 0.546. The van der Waals surface area contributed by atoms with Crippen molar-refractivity contribution in [3.05, 3.63) is 11.3 Å². The Kier molecular flexibility index (Phi) is 2.18. The van der Waals surface area contributed by atoms with Crippen LogP contribution in [0.3, 0.4) is 0 Å². The predicted octanol–water partition coefficient (Wildman–Crippen LogP) is 0.165. The summed E-state index contributed by atoms with van der Waals surface area (Å²) in [6.45, 7) is 3.75. The van der Waals surface area contributed by atoms with Gasteiger partial charge in [-0.25, -0.2) is 0 Å². The number of ketones is 1. The summed E-state index contributed by atoms with van der Waals surface area (Å²) in [4.78, 5) is 12.1. The van der Waals surface area contributed by atoms with Crippen molar-refractivity contribution < 1.29 is 24.1 Å². The first kappa shape index (κ1) is 11.2. The summed E-state index contributed by atoms with van der Waals surface area (Å²) >= 11 is 0. The lowest BCUT2D eigenvalue weighted by Gasteiger charge is -2.37. The number of Topliss-reactive ketones (excluding diaryl/α,β-unsaturated/α-hetero) is 1. The predicted molar refractivity (Wildman–Crippen MR) is 57.3 cm³/mol. The minimum absolute atomic E-state index is 0.0175. The number of carbonyl (C=O) groups is 1. The summed E-state index contributed by atoms with van der Waals surface area (Å²) < 4.78 is 16.4. The molecule has 0 aromatic rings. The molecule has 94 valence electrons. The van der Waals surface area contributed by atoms with E-state index in [1.807, 2.05) is 13.8 Å². The van der Waals surface area contributed by atoms with Gasteiger partial charge in [0.25, 0.3) is 0 Å². The van der Waals surface area contributed by atoms with Crippen molar-refractivity contribution in [1.29, 1.82) is 0 Å². The molecule has 3 rings (SSSR count). The molecule has 0 spiro atoms. The zero-order valence-corrected chi connectivity index (χ0v) is 10.1. The van der Waals surface area contributed by atoms with Gasteiger partial charge in [-0.15, -0.1) is 0 Å². The number of aliphatic hydroxyl groups is 1. The number of rotatable bonds is 1. The van der Waals surface area contributed by atoms with Crippen molar-refractivity contribution in [3.8, 4) is 0 Å². The second-order valence-electron chi connectivity index (χ2n) is 5.41. The van der Waals surface area contributed by atoms with Gasteiger partial charge in [-0.1, -0.05) is 0 Å². The molecule has 2 heterocycles. The summed E-state index contributed by atoms with van der Waals surface area (Å²) in [5, 5.41) is 9.97. The number of epoxide rings is 1. The Morgan fingerprint density at radius 2 is 2.18 bits per heavy atom. The first-order valence-electron chi connectivity index (χ1n) is 5.77. The van der Waals surface area contributed by atoms with Crippen molar-refractivity contribution in [2.45, 2.75) is 50.3 Å². The molecule has 5 nitrogen and oxygen atoms in total. The molecule has 0 aromatic heterocycles. The number of hydrogen-bond acceptors (Lipinski definition) is 5. The highest BCUT2D eigenvalue weighted by molar-refractivity contribution is 5.99. The topological polar surface area (TPSA) is 68.3 Å². The molecule has 4 atom stereocenters. The molecule has 2 aliphatic heterocycles. The quantitative estimate of drug-likeness (QED) is 0.661. The lowest BCUT2D eigenvalue weighted by atomic mass is 9.83. The summed E-state index contributed by atoms with van der Waals surface area (Å²) in [6.07, 6.45) is -1.67. The van der Waals surface area contributed by atoms with Crippen LogP contribution in [0.25, 0.3) is 0 Å². The molecule has 1 fully saturated rings. The molecule has 0 radical (unpaired) electrons. The van der Waals surface area contributed by atoms with Crippen LogP contribution >= 0.6 is 0 Å². The second-order valence-corrected chi connectivity index (χ2v) is 5.41. The highest BCUT2D eigenvalue weighted by Crippen LogP contribution is 2.47. The van der Waals surface area contributed by atoms with Gasteiger partial charge < -0.3 is 19.3 Å². The van der Waals surface area contributed by atoms with Crippen LogP contribution in [0, 0.1) is 0 Å². The SMILES string of the molecule is CO[C@H]1C2=C(OC(C)(C)CC2=O)[C@H]2O[C@H]2[C@@H]1O. The molecule has 0 bridgehead atoms. The Hall–Kier alpha value is -0.910. The van der Waals surface area contributed by atoms with Crippen molar-refractivity contribution in [1.82, 2.24) is 0 Å². The van der Waals surface area contributed by atoms with Crippen LogP contribution in [0.1, 0.15) is 20.3 Å². The molecule has 5 heteroatoms. The number of aliphatic hydroxyl groups excluding tert-OH is 1. The van der Waals surface area contributed by atoms with E-state index in [1.165, 1.54) is 7.11 Å². The summed E-state index contributed by atoms with van der Waals surface area (Å²) in [6, 6.07) is 0. The normalized spacial score (nSPS) is 42.7. The van der Waals surface area contributed by atoms with Crippen molar-refractivity contribution in [2.75, 3.05) is 7.11 Å². The van der Waals surface area contributed by atoms with Gasteiger partial charge in [0, 0.05) is 7.11 Å². The van der Waals surface area contributed by atoms with Crippen LogP contribution in [-0.2, 0) is 19.0 Å². The van der Waals surface area contributed by atoms with Gasteiger partial charge in [-0.05, 0) is 13.8 Å². The number of ether oxygens (including phenoxy) is 3. The Balaban J connectivity index is 2.05. The van der Waals surface area contributed by atoms with Gasteiger partial charge in [0.2, 0.25) is 0 Å². The maximum absolute atomic E-state index is 12.1. The van der Waals surface area contributed by atoms with Gasteiger partial charge in [0.15, 0.2) is 5.78 Å². The van der Waals surface area contributed by atoms with Gasteiger partial charge >= 0.3 is 0 Å². The number of hydrogen-bond donors (Lipinski definition) is 1. The van der Waals surface area contributed by atoms with E-state index in [9.17, 15) is 9.90 Å². The number of methoxy groups -OCH3 is 1. The Morgan fingerprint density at radius 3 is 2.82 bits per heavy atom. The van der Waals surface area contributed by atoms with Gasteiger partial charge in [-0.3, -0.25) is 4.79 Å². The molecule has 17 heavy (non-hydrogen) atoms. The Morgan fingerprint density at radius 1 is 1.47 bits per heavy atom. The summed E-state index contributed by atoms with van der Waals surface area (Å²) in [7, 11) is 1.48. The minimum atomic E-state index is -0.780. The molecule has 0 aromatic carbocycles. The molecule has 0 amide bonds. The Labute approximate surface area is 99.3 Å². The fourth-order valence-electron chi connectivity index (χ4n) is 2.71. The van der Waals surface area contributed by atoms with Gasteiger partial charge in [0.05, 0.1) is 12.0 Å². The van der Waals surface area contributed by atoms with E-state index in [4.69, 9.17) is 14.2 Å². The van der Waals surface area contributed by atoms with Crippen LogP contribution in [-0.4, -0.2) is 48.0 Å². The average Bonchev–Trinajstić information content (AvgIpc) is 2.99. The molecule has 0 unspecified atom stereocenters. The molecule has 0 saturated carbocycles.